The highest BCUT2D eigenvalue weighted by atomic mass is 16.5. The van der Waals surface area contributed by atoms with Gasteiger partial charge in [0.2, 0.25) is 0 Å². The lowest BCUT2D eigenvalue weighted by molar-refractivity contribution is -0.132. The number of nitrogens with zero attached hydrogens (tertiary/aromatic N) is 1. The van der Waals surface area contributed by atoms with E-state index in [0.717, 1.165) is 5.56 Å². The van der Waals surface area contributed by atoms with Gasteiger partial charge in [0.05, 0.1) is 24.8 Å². The van der Waals surface area contributed by atoms with Crippen LogP contribution in [0.25, 0.3) is 5.76 Å². The van der Waals surface area contributed by atoms with E-state index in [-0.39, 0.29) is 17.4 Å². The number of aryl methyl sites for hydroxylation is 1. The molecule has 1 aliphatic rings. The molecule has 3 aromatic rings. The van der Waals surface area contributed by atoms with Crippen LogP contribution in [0.4, 0.5) is 5.69 Å². The van der Waals surface area contributed by atoms with E-state index in [1.807, 2.05) is 32.9 Å². The standard InChI is InChI=1S/C28H27NO5/c1-17(2)34-23-7-5-6-20(16-23)26(30)24-25(19-10-14-22(33-4)15-11-19)29(28(32)27(24)31)21-12-8-18(3)9-13-21/h5-17,25,30H,1-4H3/b26-24-. The first-order chi connectivity index (χ1) is 16.3. The summed E-state index contributed by atoms with van der Waals surface area (Å²) in [5, 5.41) is 11.3. The van der Waals surface area contributed by atoms with E-state index in [4.69, 9.17) is 9.47 Å². The number of hydrogen-bond acceptors (Lipinski definition) is 5. The summed E-state index contributed by atoms with van der Waals surface area (Å²) >= 11 is 0. The third-order valence-electron chi connectivity index (χ3n) is 5.67. The molecule has 1 unspecified atom stereocenters. The number of rotatable bonds is 6. The molecular formula is C28H27NO5. The Morgan fingerprint density at radius 2 is 1.62 bits per heavy atom. The monoisotopic (exact) mass is 457 g/mol. The fraction of sp³-hybridized carbons (Fsp3) is 0.214. The van der Waals surface area contributed by atoms with Crippen LogP contribution in [-0.4, -0.2) is 30.0 Å². The van der Waals surface area contributed by atoms with Crippen LogP contribution in [0.3, 0.4) is 0 Å². The molecule has 3 aromatic carbocycles. The van der Waals surface area contributed by atoms with Gasteiger partial charge in [0, 0.05) is 11.3 Å². The molecule has 6 nitrogen and oxygen atoms in total. The third kappa shape index (κ3) is 4.39. The lowest BCUT2D eigenvalue weighted by Crippen LogP contribution is -2.29. The minimum absolute atomic E-state index is 0.0254. The molecule has 0 aliphatic carbocycles. The van der Waals surface area contributed by atoms with Gasteiger partial charge in [0.15, 0.2) is 0 Å². The lowest BCUT2D eigenvalue weighted by atomic mass is 9.95. The fourth-order valence-corrected chi connectivity index (χ4v) is 4.05. The van der Waals surface area contributed by atoms with E-state index < -0.39 is 17.7 Å². The summed E-state index contributed by atoms with van der Waals surface area (Å²) in [5.41, 5.74) is 2.71. The number of ketones is 1. The molecule has 1 N–H and O–H groups in total. The van der Waals surface area contributed by atoms with Crippen molar-refractivity contribution in [1.29, 1.82) is 0 Å². The molecule has 1 heterocycles. The number of benzene rings is 3. The molecule has 1 atom stereocenters. The van der Waals surface area contributed by atoms with Gasteiger partial charge in [-0.15, -0.1) is 0 Å². The molecule has 6 heteroatoms. The van der Waals surface area contributed by atoms with E-state index in [0.29, 0.717) is 28.3 Å². The Bertz CT molecular complexity index is 1240. The number of anilines is 1. The van der Waals surface area contributed by atoms with Crippen molar-refractivity contribution in [2.75, 3.05) is 12.0 Å². The number of carbonyl (C=O) groups excluding carboxylic acids is 2. The maximum Gasteiger partial charge on any atom is 0.300 e. The maximum absolute atomic E-state index is 13.3. The predicted molar refractivity (Wildman–Crippen MR) is 131 cm³/mol. The Hall–Kier alpha value is -4.06. The number of aliphatic hydroxyl groups excluding tert-OH is 1. The van der Waals surface area contributed by atoms with E-state index in [9.17, 15) is 14.7 Å². The van der Waals surface area contributed by atoms with Crippen LogP contribution in [-0.2, 0) is 9.59 Å². The van der Waals surface area contributed by atoms with Gasteiger partial charge in [0.1, 0.15) is 17.3 Å². The van der Waals surface area contributed by atoms with Crippen LogP contribution >= 0.6 is 0 Å². The van der Waals surface area contributed by atoms with E-state index >= 15 is 0 Å². The first-order valence-electron chi connectivity index (χ1n) is 11.1. The van der Waals surface area contributed by atoms with Crippen molar-refractivity contribution in [1.82, 2.24) is 0 Å². The summed E-state index contributed by atoms with van der Waals surface area (Å²) < 4.78 is 11.0. The number of methoxy groups -OCH3 is 1. The molecule has 0 saturated carbocycles. The average Bonchev–Trinajstić information content (AvgIpc) is 3.09. The van der Waals surface area contributed by atoms with Gasteiger partial charge in [-0.3, -0.25) is 14.5 Å². The zero-order valence-corrected chi connectivity index (χ0v) is 19.6. The average molecular weight is 458 g/mol. The van der Waals surface area contributed by atoms with Crippen LogP contribution in [0, 0.1) is 6.92 Å². The van der Waals surface area contributed by atoms with Gasteiger partial charge < -0.3 is 14.6 Å². The van der Waals surface area contributed by atoms with Gasteiger partial charge in [-0.2, -0.15) is 0 Å². The zero-order chi connectivity index (χ0) is 24.4. The molecule has 174 valence electrons. The number of aliphatic hydroxyl groups is 1. The number of amides is 1. The highest BCUT2D eigenvalue weighted by molar-refractivity contribution is 6.51. The van der Waals surface area contributed by atoms with Crippen LogP contribution in [0.2, 0.25) is 0 Å². The van der Waals surface area contributed by atoms with E-state index in [2.05, 4.69) is 0 Å². The Morgan fingerprint density at radius 1 is 0.941 bits per heavy atom. The number of ether oxygens (including phenoxy) is 2. The van der Waals surface area contributed by atoms with Crippen molar-refractivity contribution in [2.45, 2.75) is 32.9 Å². The topological polar surface area (TPSA) is 76.1 Å². The molecule has 0 radical (unpaired) electrons. The van der Waals surface area contributed by atoms with E-state index in [1.54, 1.807) is 67.8 Å². The van der Waals surface area contributed by atoms with Crippen molar-refractivity contribution < 1.29 is 24.2 Å². The second-order valence-corrected chi connectivity index (χ2v) is 8.47. The Kier molecular flexibility index (Phi) is 6.41. The second kappa shape index (κ2) is 9.43. The van der Waals surface area contributed by atoms with Crippen molar-refractivity contribution in [3.63, 3.8) is 0 Å². The molecule has 34 heavy (non-hydrogen) atoms. The molecule has 1 saturated heterocycles. The Balaban J connectivity index is 1.89. The molecule has 0 spiro atoms. The van der Waals surface area contributed by atoms with Crippen LogP contribution in [0.15, 0.2) is 78.4 Å². The molecule has 4 rings (SSSR count). The summed E-state index contributed by atoms with van der Waals surface area (Å²) in [6.07, 6.45) is -0.0520. The van der Waals surface area contributed by atoms with Crippen molar-refractivity contribution in [3.05, 3.63) is 95.1 Å². The van der Waals surface area contributed by atoms with Crippen LogP contribution < -0.4 is 14.4 Å². The summed E-state index contributed by atoms with van der Waals surface area (Å²) in [7, 11) is 1.57. The number of hydrogen-bond donors (Lipinski definition) is 1. The normalized spacial score (nSPS) is 17.3. The maximum atomic E-state index is 13.3. The quantitative estimate of drug-likeness (QED) is 0.304. The molecule has 1 fully saturated rings. The molecule has 0 aromatic heterocycles. The lowest BCUT2D eigenvalue weighted by Gasteiger charge is -2.25. The van der Waals surface area contributed by atoms with Crippen molar-refractivity contribution >= 4 is 23.1 Å². The second-order valence-electron chi connectivity index (χ2n) is 8.47. The van der Waals surface area contributed by atoms with E-state index in [1.165, 1.54) is 4.90 Å². The van der Waals surface area contributed by atoms with Crippen molar-refractivity contribution in [3.8, 4) is 11.5 Å². The van der Waals surface area contributed by atoms with Crippen LogP contribution in [0.1, 0.15) is 36.6 Å². The molecule has 1 aliphatic heterocycles. The fourth-order valence-electron chi connectivity index (χ4n) is 4.05. The number of carbonyl (C=O) groups is 2. The summed E-state index contributed by atoms with van der Waals surface area (Å²) in [6.45, 7) is 5.76. The molecular weight excluding hydrogens is 430 g/mol. The Morgan fingerprint density at radius 3 is 2.24 bits per heavy atom. The first kappa shape index (κ1) is 23.1. The highest BCUT2D eigenvalue weighted by Gasteiger charge is 2.47. The summed E-state index contributed by atoms with van der Waals surface area (Å²) in [5.74, 6) is -0.472. The smallest absolute Gasteiger partial charge is 0.300 e. The summed E-state index contributed by atoms with van der Waals surface area (Å²) in [4.78, 5) is 27.9. The highest BCUT2D eigenvalue weighted by Crippen LogP contribution is 2.42. The minimum Gasteiger partial charge on any atom is -0.507 e. The molecule has 1 amide bonds. The van der Waals surface area contributed by atoms with Crippen LogP contribution in [0.5, 0.6) is 11.5 Å². The third-order valence-corrected chi connectivity index (χ3v) is 5.67. The SMILES string of the molecule is COc1ccc(C2/C(=C(/O)c3cccc(OC(C)C)c3)C(=O)C(=O)N2c2ccc(C)cc2)cc1. The summed E-state index contributed by atoms with van der Waals surface area (Å²) in [6, 6.07) is 20.6. The molecule has 0 bridgehead atoms. The van der Waals surface area contributed by atoms with Gasteiger partial charge in [-0.25, -0.2) is 0 Å². The number of Topliss-reactive ketones (excluding diaryl/α,β-unsaturated/α-hetero) is 1. The van der Waals surface area contributed by atoms with Gasteiger partial charge in [-0.1, -0.05) is 42.0 Å². The van der Waals surface area contributed by atoms with Gasteiger partial charge in [0.25, 0.3) is 11.7 Å². The minimum atomic E-state index is -0.803. The first-order valence-corrected chi connectivity index (χ1v) is 11.1. The Labute approximate surface area is 199 Å². The van der Waals surface area contributed by atoms with Gasteiger partial charge >= 0.3 is 0 Å². The zero-order valence-electron chi connectivity index (χ0n) is 19.6. The predicted octanol–water partition coefficient (Wildman–Crippen LogP) is 5.42. The largest absolute Gasteiger partial charge is 0.507 e. The van der Waals surface area contributed by atoms with Crippen molar-refractivity contribution in [2.24, 2.45) is 0 Å². The van der Waals surface area contributed by atoms with Gasteiger partial charge in [-0.05, 0) is 62.7 Å².